The third-order valence-corrected chi connectivity index (χ3v) is 4.33. The fourth-order valence-electron chi connectivity index (χ4n) is 1.78. The van der Waals surface area contributed by atoms with Crippen molar-refractivity contribution in [2.75, 3.05) is 0 Å². The monoisotopic (exact) mass is 311 g/mol. The summed E-state index contributed by atoms with van der Waals surface area (Å²) in [7, 11) is -3.88. The molecule has 0 aliphatic rings. The smallest absolute Gasteiger partial charge is 0.335 e. The van der Waals surface area contributed by atoms with Crippen LogP contribution in [0, 0.1) is 13.8 Å². The van der Waals surface area contributed by atoms with Crippen molar-refractivity contribution in [3.8, 4) is 0 Å². The molecular weight excluding hydrogens is 298 g/mol. The van der Waals surface area contributed by atoms with Crippen LogP contribution in [0.15, 0.2) is 27.6 Å². The van der Waals surface area contributed by atoms with E-state index in [1.807, 2.05) is 0 Å². The normalized spacial score (nSPS) is 11.5. The Labute approximate surface area is 120 Å². The molecule has 2 rings (SSSR count). The summed E-state index contributed by atoms with van der Waals surface area (Å²) in [5.74, 6) is -0.659. The first-order chi connectivity index (χ1) is 9.81. The van der Waals surface area contributed by atoms with Crippen LogP contribution in [0.1, 0.15) is 27.6 Å². The predicted octanol–water partition coefficient (Wildman–Crippen LogP) is 0.863. The Balaban J connectivity index is 2.27. The van der Waals surface area contributed by atoms with Gasteiger partial charge in [0.25, 0.3) is 0 Å². The highest BCUT2D eigenvalue weighted by Crippen LogP contribution is 2.19. The lowest BCUT2D eigenvalue weighted by Crippen LogP contribution is -2.24. The van der Waals surface area contributed by atoms with E-state index in [4.69, 9.17) is 9.63 Å². The molecule has 0 atom stereocenters. The van der Waals surface area contributed by atoms with Gasteiger partial charge in [-0.15, -0.1) is 0 Å². The summed E-state index contributed by atoms with van der Waals surface area (Å²) in [5.41, 5.74) is 0.103. The van der Waals surface area contributed by atoms with Crippen molar-refractivity contribution in [1.29, 1.82) is 0 Å². The number of rotatable bonds is 5. The van der Waals surface area contributed by atoms with Crippen molar-refractivity contribution < 1.29 is 22.8 Å². The number of hydrogen-bond acceptors (Lipinski definition) is 6. The van der Waals surface area contributed by atoms with Gasteiger partial charge in [-0.1, -0.05) is 11.2 Å². The number of nitrogens with one attached hydrogen (secondary N) is 1. The maximum absolute atomic E-state index is 12.2. The van der Waals surface area contributed by atoms with Crippen LogP contribution in [0.4, 0.5) is 0 Å². The lowest BCUT2D eigenvalue weighted by Gasteiger charge is -2.09. The van der Waals surface area contributed by atoms with Crippen molar-refractivity contribution in [3.63, 3.8) is 0 Å². The van der Waals surface area contributed by atoms with Gasteiger partial charge < -0.3 is 9.63 Å². The first-order valence-electron chi connectivity index (χ1n) is 5.93. The Hall–Kier alpha value is -2.26. The summed E-state index contributed by atoms with van der Waals surface area (Å²) in [6.07, 6.45) is 0. The molecule has 1 heterocycles. The molecule has 0 amide bonds. The number of aromatic carboxylic acids is 1. The second-order valence-electron chi connectivity index (χ2n) is 4.29. The van der Waals surface area contributed by atoms with Crippen molar-refractivity contribution in [1.82, 2.24) is 14.9 Å². The van der Waals surface area contributed by atoms with E-state index in [0.29, 0.717) is 5.82 Å². The van der Waals surface area contributed by atoms with E-state index in [2.05, 4.69) is 14.9 Å². The highest BCUT2D eigenvalue weighted by molar-refractivity contribution is 7.89. The van der Waals surface area contributed by atoms with E-state index in [-0.39, 0.29) is 28.5 Å². The number of aromatic nitrogens is 2. The summed E-state index contributed by atoms with van der Waals surface area (Å²) < 4.78 is 31.5. The Morgan fingerprint density at radius 3 is 2.67 bits per heavy atom. The van der Waals surface area contributed by atoms with E-state index in [0.717, 1.165) is 0 Å². The van der Waals surface area contributed by atoms with Gasteiger partial charge in [0.1, 0.15) is 0 Å². The molecule has 0 aliphatic heterocycles. The number of carbonyl (C=O) groups is 1. The van der Waals surface area contributed by atoms with E-state index in [1.54, 1.807) is 6.92 Å². The Morgan fingerprint density at radius 1 is 1.38 bits per heavy atom. The number of benzene rings is 1. The molecule has 0 saturated heterocycles. The number of sulfonamides is 1. The van der Waals surface area contributed by atoms with Gasteiger partial charge in [-0.2, -0.15) is 4.98 Å². The quantitative estimate of drug-likeness (QED) is 0.839. The molecule has 0 bridgehead atoms. The maximum atomic E-state index is 12.2. The molecule has 112 valence electrons. The lowest BCUT2D eigenvalue weighted by atomic mass is 10.1. The molecule has 9 heteroatoms. The standard InChI is InChI=1S/C12H13N3O5S/c1-7-9(12(16)17)4-3-5-10(7)21(18,19)13-6-11-14-8(2)15-20-11/h3-5,13H,6H2,1-2H3,(H,16,17). The summed E-state index contributed by atoms with van der Waals surface area (Å²) in [6, 6.07) is 4.06. The number of carboxylic acids is 1. The zero-order chi connectivity index (χ0) is 15.6. The molecule has 0 fully saturated rings. The summed E-state index contributed by atoms with van der Waals surface area (Å²) in [5, 5.41) is 12.6. The molecule has 0 saturated carbocycles. The first-order valence-corrected chi connectivity index (χ1v) is 7.41. The number of hydrogen-bond donors (Lipinski definition) is 2. The SMILES string of the molecule is Cc1noc(CNS(=O)(=O)c2cccc(C(=O)O)c2C)n1. The van der Waals surface area contributed by atoms with Crippen LogP contribution in [0.2, 0.25) is 0 Å². The van der Waals surface area contributed by atoms with Gasteiger partial charge in [0.05, 0.1) is 17.0 Å². The zero-order valence-electron chi connectivity index (χ0n) is 11.3. The molecule has 8 nitrogen and oxygen atoms in total. The summed E-state index contributed by atoms with van der Waals surface area (Å²) in [4.78, 5) is 14.8. The minimum Gasteiger partial charge on any atom is -0.478 e. The molecule has 0 radical (unpaired) electrons. The Bertz CT molecular complexity index is 782. The van der Waals surface area contributed by atoms with Crippen LogP contribution in [-0.2, 0) is 16.6 Å². The average molecular weight is 311 g/mol. The molecule has 2 N–H and O–H groups in total. The van der Waals surface area contributed by atoms with Gasteiger partial charge in [0, 0.05) is 0 Å². The third-order valence-electron chi connectivity index (χ3n) is 2.79. The molecule has 0 aliphatic carbocycles. The zero-order valence-corrected chi connectivity index (χ0v) is 12.1. The van der Waals surface area contributed by atoms with Crippen LogP contribution >= 0.6 is 0 Å². The topological polar surface area (TPSA) is 122 Å². The largest absolute Gasteiger partial charge is 0.478 e. The molecular formula is C12H13N3O5S. The van der Waals surface area contributed by atoms with Crippen LogP contribution in [0.25, 0.3) is 0 Å². The number of nitrogens with zero attached hydrogens (tertiary/aromatic N) is 2. The highest BCUT2D eigenvalue weighted by atomic mass is 32.2. The molecule has 1 aromatic carbocycles. The molecule has 1 aromatic heterocycles. The average Bonchev–Trinajstić information content (AvgIpc) is 2.82. The van der Waals surface area contributed by atoms with E-state index >= 15 is 0 Å². The molecule has 0 spiro atoms. The van der Waals surface area contributed by atoms with Crippen LogP contribution in [0.5, 0.6) is 0 Å². The van der Waals surface area contributed by atoms with Gasteiger partial charge in [-0.25, -0.2) is 17.9 Å². The minimum atomic E-state index is -3.88. The van der Waals surface area contributed by atoms with Crippen LogP contribution in [0.3, 0.4) is 0 Å². The van der Waals surface area contributed by atoms with Gasteiger partial charge in [-0.05, 0) is 31.5 Å². The summed E-state index contributed by atoms with van der Waals surface area (Å²) in [6.45, 7) is 2.89. The van der Waals surface area contributed by atoms with Crippen molar-refractivity contribution in [2.24, 2.45) is 0 Å². The van der Waals surface area contributed by atoms with Crippen LogP contribution in [-0.4, -0.2) is 29.6 Å². The van der Waals surface area contributed by atoms with Crippen molar-refractivity contribution in [3.05, 3.63) is 41.0 Å². The van der Waals surface area contributed by atoms with Crippen LogP contribution < -0.4 is 4.72 Å². The fraction of sp³-hybridized carbons (Fsp3) is 0.250. The van der Waals surface area contributed by atoms with E-state index < -0.39 is 16.0 Å². The molecule has 21 heavy (non-hydrogen) atoms. The van der Waals surface area contributed by atoms with Gasteiger partial charge >= 0.3 is 5.97 Å². The number of carboxylic acid groups (broad SMARTS) is 1. The maximum Gasteiger partial charge on any atom is 0.335 e. The lowest BCUT2D eigenvalue weighted by molar-refractivity contribution is 0.0696. The van der Waals surface area contributed by atoms with Gasteiger partial charge in [0.15, 0.2) is 5.82 Å². The predicted molar refractivity (Wildman–Crippen MR) is 71.2 cm³/mol. The highest BCUT2D eigenvalue weighted by Gasteiger charge is 2.21. The third kappa shape index (κ3) is 3.26. The fourth-order valence-corrected chi connectivity index (χ4v) is 3.02. The van der Waals surface area contributed by atoms with Gasteiger partial charge in [-0.3, -0.25) is 0 Å². The second kappa shape index (κ2) is 5.62. The minimum absolute atomic E-state index is 0.0634. The Morgan fingerprint density at radius 2 is 2.10 bits per heavy atom. The van der Waals surface area contributed by atoms with E-state index in [9.17, 15) is 13.2 Å². The number of aryl methyl sites for hydroxylation is 1. The molecule has 0 unspecified atom stereocenters. The summed E-state index contributed by atoms with van der Waals surface area (Å²) >= 11 is 0. The van der Waals surface area contributed by atoms with Gasteiger partial charge in [0.2, 0.25) is 15.9 Å². The van der Waals surface area contributed by atoms with Crippen molar-refractivity contribution >= 4 is 16.0 Å². The molecule has 2 aromatic rings. The first kappa shape index (κ1) is 15.1. The van der Waals surface area contributed by atoms with E-state index in [1.165, 1.54) is 25.1 Å². The second-order valence-corrected chi connectivity index (χ2v) is 6.03. The van der Waals surface area contributed by atoms with Crippen molar-refractivity contribution in [2.45, 2.75) is 25.3 Å². The Kier molecular flexibility index (Phi) is 4.05.